The van der Waals surface area contributed by atoms with E-state index in [0.717, 1.165) is 11.1 Å². The molecule has 2 heterocycles. The Morgan fingerprint density at radius 1 is 1.04 bits per heavy atom. The van der Waals surface area contributed by atoms with Gasteiger partial charge in [0.25, 0.3) is 5.91 Å². The van der Waals surface area contributed by atoms with Crippen molar-refractivity contribution in [2.45, 2.75) is 24.5 Å². The third-order valence-corrected chi connectivity index (χ3v) is 6.41. The van der Waals surface area contributed by atoms with Crippen LogP contribution in [0.4, 0.5) is 0 Å². The first kappa shape index (κ1) is 17.5. The number of carbonyl (C=O) groups excluding carboxylic acids is 1. The summed E-state index contributed by atoms with van der Waals surface area (Å²) in [5.41, 5.74) is 2.15. The Hall–Kier alpha value is -2.90. The summed E-state index contributed by atoms with van der Waals surface area (Å²) in [7, 11) is -3.46. The Labute approximate surface area is 157 Å². The zero-order valence-corrected chi connectivity index (χ0v) is 15.3. The lowest BCUT2D eigenvalue weighted by atomic mass is 10.1. The smallest absolute Gasteiger partial charge is 0.251 e. The summed E-state index contributed by atoms with van der Waals surface area (Å²) in [5.74, 6) is 0.470. The van der Waals surface area contributed by atoms with E-state index >= 15 is 0 Å². The maximum atomic E-state index is 12.6. The maximum absolute atomic E-state index is 12.6. The summed E-state index contributed by atoms with van der Waals surface area (Å²) >= 11 is 0. The van der Waals surface area contributed by atoms with Crippen molar-refractivity contribution < 1.29 is 17.6 Å². The van der Waals surface area contributed by atoms with Gasteiger partial charge in [0.05, 0.1) is 17.7 Å². The summed E-state index contributed by atoms with van der Waals surface area (Å²) in [5, 5.41) is 2.78. The van der Waals surface area contributed by atoms with Gasteiger partial charge in [0, 0.05) is 18.7 Å². The molecule has 1 aliphatic heterocycles. The minimum Gasteiger partial charge on any atom is -0.467 e. The largest absolute Gasteiger partial charge is 0.467 e. The molecule has 1 amide bonds. The number of fused-ring (bicyclic) bond motifs is 1. The van der Waals surface area contributed by atoms with Crippen LogP contribution in [0.3, 0.4) is 0 Å². The van der Waals surface area contributed by atoms with Crippen molar-refractivity contribution in [1.29, 1.82) is 0 Å². The van der Waals surface area contributed by atoms with Crippen molar-refractivity contribution in [3.63, 3.8) is 0 Å². The Balaban J connectivity index is 1.42. The monoisotopic (exact) mass is 382 g/mol. The second-order valence-electron chi connectivity index (χ2n) is 6.34. The van der Waals surface area contributed by atoms with Crippen LogP contribution in [0.25, 0.3) is 0 Å². The molecule has 27 heavy (non-hydrogen) atoms. The van der Waals surface area contributed by atoms with Crippen LogP contribution in [-0.2, 0) is 29.7 Å². The Bertz CT molecular complexity index is 1060. The highest BCUT2D eigenvalue weighted by Gasteiger charge is 2.33. The minimum absolute atomic E-state index is 0.209. The van der Waals surface area contributed by atoms with Crippen molar-refractivity contribution in [3.8, 4) is 0 Å². The lowest BCUT2D eigenvalue weighted by Crippen LogP contribution is -2.24. The molecule has 0 aliphatic carbocycles. The normalized spacial score (nSPS) is 15.4. The van der Waals surface area contributed by atoms with Gasteiger partial charge in [-0.2, -0.15) is 4.31 Å². The van der Waals surface area contributed by atoms with Crippen LogP contribution in [0.1, 0.15) is 27.2 Å². The highest BCUT2D eigenvalue weighted by Crippen LogP contribution is 2.31. The number of benzene rings is 2. The van der Waals surface area contributed by atoms with E-state index in [9.17, 15) is 13.2 Å². The number of carbonyl (C=O) groups is 1. The van der Waals surface area contributed by atoms with E-state index in [4.69, 9.17) is 4.42 Å². The molecule has 1 aliphatic rings. The Morgan fingerprint density at radius 2 is 1.81 bits per heavy atom. The number of rotatable bonds is 5. The molecule has 0 saturated carbocycles. The molecule has 0 saturated heterocycles. The van der Waals surface area contributed by atoms with Gasteiger partial charge < -0.3 is 9.73 Å². The third-order valence-electron chi connectivity index (χ3n) is 4.52. The van der Waals surface area contributed by atoms with E-state index < -0.39 is 10.0 Å². The number of sulfonamides is 1. The summed E-state index contributed by atoms with van der Waals surface area (Å²) in [6.45, 7) is 0.951. The van der Waals surface area contributed by atoms with Crippen molar-refractivity contribution >= 4 is 15.9 Å². The highest BCUT2D eigenvalue weighted by molar-refractivity contribution is 7.89. The number of furan rings is 1. The van der Waals surface area contributed by atoms with Gasteiger partial charge in [0.1, 0.15) is 5.76 Å². The molecule has 1 N–H and O–H groups in total. The molecule has 0 spiro atoms. The number of amides is 1. The van der Waals surface area contributed by atoms with Gasteiger partial charge >= 0.3 is 0 Å². The fraction of sp³-hybridized carbons (Fsp3) is 0.150. The lowest BCUT2D eigenvalue weighted by molar-refractivity contribution is 0.0948. The molecule has 0 radical (unpaired) electrons. The van der Waals surface area contributed by atoms with Gasteiger partial charge in [-0.3, -0.25) is 4.79 Å². The molecule has 3 aromatic rings. The zero-order chi connectivity index (χ0) is 18.9. The van der Waals surface area contributed by atoms with Gasteiger partial charge in [-0.25, -0.2) is 8.42 Å². The average Bonchev–Trinajstić information content (AvgIpc) is 3.28. The predicted octanol–water partition coefficient (Wildman–Crippen LogP) is 2.91. The molecule has 0 fully saturated rings. The number of hydrogen-bond acceptors (Lipinski definition) is 4. The van der Waals surface area contributed by atoms with Crippen LogP contribution in [0, 0.1) is 0 Å². The molecule has 0 unspecified atom stereocenters. The highest BCUT2D eigenvalue weighted by atomic mass is 32.2. The molecule has 0 atom stereocenters. The van der Waals surface area contributed by atoms with Crippen LogP contribution in [-0.4, -0.2) is 18.6 Å². The fourth-order valence-corrected chi connectivity index (χ4v) is 4.71. The van der Waals surface area contributed by atoms with E-state index in [1.807, 2.05) is 12.1 Å². The van der Waals surface area contributed by atoms with E-state index in [0.29, 0.717) is 29.3 Å². The van der Waals surface area contributed by atoms with Crippen molar-refractivity contribution in [2.24, 2.45) is 0 Å². The first-order chi connectivity index (χ1) is 13.0. The Kier molecular flexibility index (Phi) is 4.55. The molecule has 138 valence electrons. The molecule has 0 bridgehead atoms. The fourth-order valence-electron chi connectivity index (χ4n) is 3.09. The van der Waals surface area contributed by atoms with Crippen LogP contribution >= 0.6 is 0 Å². The quantitative estimate of drug-likeness (QED) is 0.736. The summed E-state index contributed by atoms with van der Waals surface area (Å²) < 4.78 is 31.9. The van der Waals surface area contributed by atoms with Gasteiger partial charge in [0.15, 0.2) is 0 Å². The Morgan fingerprint density at radius 3 is 2.52 bits per heavy atom. The van der Waals surface area contributed by atoms with Crippen molar-refractivity contribution in [3.05, 3.63) is 89.4 Å². The van der Waals surface area contributed by atoms with Crippen molar-refractivity contribution in [1.82, 2.24) is 9.62 Å². The lowest BCUT2D eigenvalue weighted by Gasteiger charge is -2.14. The number of nitrogens with one attached hydrogen (secondary N) is 1. The molecular formula is C20H18N2O4S. The number of nitrogens with zero attached hydrogens (tertiary/aromatic N) is 1. The minimum atomic E-state index is -3.46. The van der Waals surface area contributed by atoms with Crippen LogP contribution in [0.5, 0.6) is 0 Å². The zero-order valence-electron chi connectivity index (χ0n) is 14.5. The predicted molar refractivity (Wildman–Crippen MR) is 99.2 cm³/mol. The molecule has 1 aromatic heterocycles. The van der Waals surface area contributed by atoms with Crippen LogP contribution in [0.2, 0.25) is 0 Å². The second kappa shape index (κ2) is 7.02. The maximum Gasteiger partial charge on any atom is 0.251 e. The van der Waals surface area contributed by atoms with Gasteiger partial charge in [-0.1, -0.05) is 30.3 Å². The van der Waals surface area contributed by atoms with E-state index in [1.54, 1.807) is 54.8 Å². The standard InChI is InChI=1S/C20H18N2O4S/c23-20(21-12-18-5-3-11-26-18)16-9-7-15(8-10-16)13-22-14-17-4-1-2-6-19(17)27(22,24)25/h1-11H,12-14H2,(H,21,23). The molecule has 7 heteroatoms. The third kappa shape index (κ3) is 3.51. The average molecular weight is 382 g/mol. The van der Waals surface area contributed by atoms with Crippen molar-refractivity contribution in [2.75, 3.05) is 0 Å². The van der Waals surface area contributed by atoms with E-state index in [1.165, 1.54) is 4.31 Å². The van der Waals surface area contributed by atoms with E-state index in [-0.39, 0.29) is 12.5 Å². The van der Waals surface area contributed by atoms with Crippen LogP contribution in [0.15, 0.2) is 76.2 Å². The van der Waals surface area contributed by atoms with Gasteiger partial charge in [-0.05, 0) is 41.5 Å². The molecule has 2 aromatic carbocycles. The molecular weight excluding hydrogens is 364 g/mol. The van der Waals surface area contributed by atoms with Crippen LogP contribution < -0.4 is 5.32 Å². The van der Waals surface area contributed by atoms with Gasteiger partial charge in [-0.15, -0.1) is 0 Å². The van der Waals surface area contributed by atoms with E-state index in [2.05, 4.69) is 5.32 Å². The first-order valence-corrected chi connectivity index (χ1v) is 9.95. The summed E-state index contributed by atoms with van der Waals surface area (Å²) in [6, 6.07) is 17.5. The summed E-state index contributed by atoms with van der Waals surface area (Å²) in [6.07, 6.45) is 1.56. The SMILES string of the molecule is O=C(NCc1ccco1)c1ccc(CN2Cc3ccccc3S2(=O)=O)cc1. The molecule has 4 rings (SSSR count). The summed E-state index contributed by atoms with van der Waals surface area (Å²) in [4.78, 5) is 12.6. The number of hydrogen-bond donors (Lipinski definition) is 1. The molecule has 6 nitrogen and oxygen atoms in total. The van der Waals surface area contributed by atoms with Gasteiger partial charge in [0.2, 0.25) is 10.0 Å². The second-order valence-corrected chi connectivity index (χ2v) is 8.25. The topological polar surface area (TPSA) is 79.6 Å². The first-order valence-electron chi connectivity index (χ1n) is 8.51.